The number of nitrogens with one attached hydrogen (secondary N) is 1. The minimum atomic E-state index is -0.845. The molecule has 2 N–H and O–H groups in total. The van der Waals surface area contributed by atoms with Crippen LogP contribution in [-0.2, 0) is 14.3 Å². The highest BCUT2D eigenvalue weighted by Crippen LogP contribution is 2.35. The van der Waals surface area contributed by atoms with Crippen LogP contribution in [0.3, 0.4) is 0 Å². The first-order valence-corrected chi connectivity index (χ1v) is 14.9. The Balaban J connectivity index is 1.48. The van der Waals surface area contributed by atoms with E-state index in [1.807, 2.05) is 45.9 Å². The van der Waals surface area contributed by atoms with Crippen LogP contribution in [0.2, 0.25) is 0 Å². The predicted molar refractivity (Wildman–Crippen MR) is 157 cm³/mol. The lowest BCUT2D eigenvalue weighted by atomic mass is 9.91. The van der Waals surface area contributed by atoms with Crippen molar-refractivity contribution < 1.29 is 33.4 Å². The molecule has 42 heavy (non-hydrogen) atoms. The molecule has 2 aromatic heterocycles. The average molecular weight is 600 g/mol. The SMILES string of the molecule is C[CH]OCCOc1cc([C@@H](C(=O)N2C[C@H](O)C[C@H]2C(=O)N[C@@H](C)c2ccc(-c3scnc3C)cc2OC)C(C)C)on1. The van der Waals surface area contributed by atoms with Crippen LogP contribution in [0.15, 0.2) is 34.3 Å². The molecule has 227 valence electrons. The zero-order chi connectivity index (χ0) is 30.4. The number of likely N-dealkylation sites (tertiary alicyclic amines) is 1. The standard InChI is InChI=1S/C30H39N4O7S/c1-7-39-10-11-40-26-14-25(41-33-26)27(17(2)3)30(37)34-15-21(35)13-23(34)29(36)32-18(4)22-9-8-20(12-24(22)38-6)28-19(5)31-16-42-28/h7-9,12,14,16-18,21,23,27,35H,10-11,13,15H2,1-6H3,(H,32,36)/t18-,21+,23-,27-/m0/s1. The maximum atomic E-state index is 13.8. The second kappa shape index (κ2) is 14.1. The fourth-order valence-electron chi connectivity index (χ4n) is 5.20. The van der Waals surface area contributed by atoms with Crippen molar-refractivity contribution in [2.75, 3.05) is 26.9 Å². The van der Waals surface area contributed by atoms with Gasteiger partial charge in [0.05, 0.1) is 48.6 Å². The van der Waals surface area contributed by atoms with Gasteiger partial charge in [-0.25, -0.2) is 4.98 Å². The van der Waals surface area contributed by atoms with Crippen LogP contribution in [0.25, 0.3) is 10.4 Å². The molecule has 1 radical (unpaired) electrons. The van der Waals surface area contributed by atoms with Gasteiger partial charge in [0.25, 0.3) is 5.88 Å². The van der Waals surface area contributed by atoms with Crippen LogP contribution in [0.5, 0.6) is 11.6 Å². The summed E-state index contributed by atoms with van der Waals surface area (Å²) in [6.07, 6.45) is -0.692. The van der Waals surface area contributed by atoms with Gasteiger partial charge >= 0.3 is 0 Å². The van der Waals surface area contributed by atoms with Crippen molar-refractivity contribution in [3.63, 3.8) is 0 Å². The Bertz CT molecular complexity index is 1360. The van der Waals surface area contributed by atoms with Gasteiger partial charge < -0.3 is 34.1 Å². The molecule has 4 atom stereocenters. The van der Waals surface area contributed by atoms with Crippen molar-refractivity contribution in [3.05, 3.63) is 53.4 Å². The molecule has 0 saturated carbocycles. The first kappa shape index (κ1) is 31.5. The van der Waals surface area contributed by atoms with Crippen LogP contribution in [0.1, 0.15) is 63.1 Å². The Labute approximate surface area is 250 Å². The summed E-state index contributed by atoms with van der Waals surface area (Å²) >= 11 is 1.55. The van der Waals surface area contributed by atoms with Crippen molar-refractivity contribution in [1.29, 1.82) is 0 Å². The van der Waals surface area contributed by atoms with Crippen molar-refractivity contribution in [2.45, 2.75) is 65.1 Å². The quantitative estimate of drug-likeness (QED) is 0.276. The van der Waals surface area contributed by atoms with Crippen LogP contribution < -0.4 is 14.8 Å². The summed E-state index contributed by atoms with van der Waals surface area (Å²) in [5.41, 5.74) is 4.52. The van der Waals surface area contributed by atoms with Gasteiger partial charge in [-0.3, -0.25) is 9.59 Å². The van der Waals surface area contributed by atoms with E-state index < -0.39 is 24.1 Å². The van der Waals surface area contributed by atoms with E-state index in [0.29, 0.717) is 18.1 Å². The summed E-state index contributed by atoms with van der Waals surface area (Å²) in [7, 11) is 1.59. The number of aryl methyl sites for hydroxylation is 1. The smallest absolute Gasteiger partial charge is 0.254 e. The third kappa shape index (κ3) is 7.11. The number of amides is 2. The summed E-state index contributed by atoms with van der Waals surface area (Å²) in [5.74, 6) is -0.328. The molecule has 2 amide bonds. The second-order valence-electron chi connectivity index (χ2n) is 10.6. The molecule has 1 fully saturated rings. The minimum absolute atomic E-state index is 0.0447. The number of thiazole rings is 1. The lowest BCUT2D eigenvalue weighted by Crippen LogP contribution is -2.48. The maximum Gasteiger partial charge on any atom is 0.254 e. The number of ether oxygens (including phenoxy) is 3. The zero-order valence-electron chi connectivity index (χ0n) is 24.8. The van der Waals surface area contributed by atoms with Gasteiger partial charge in [-0.2, -0.15) is 0 Å². The second-order valence-corrected chi connectivity index (χ2v) is 11.4. The van der Waals surface area contributed by atoms with E-state index in [2.05, 4.69) is 15.5 Å². The van der Waals surface area contributed by atoms with E-state index in [-0.39, 0.29) is 43.2 Å². The Morgan fingerprint density at radius 1 is 1.26 bits per heavy atom. The minimum Gasteiger partial charge on any atom is -0.496 e. The highest BCUT2D eigenvalue weighted by Gasteiger charge is 2.43. The number of benzene rings is 1. The van der Waals surface area contributed by atoms with Gasteiger partial charge in [-0.15, -0.1) is 11.3 Å². The molecule has 1 aliphatic rings. The van der Waals surface area contributed by atoms with Gasteiger partial charge in [0.15, 0.2) is 5.76 Å². The van der Waals surface area contributed by atoms with Crippen LogP contribution in [0.4, 0.5) is 0 Å². The molecular formula is C30H39N4O7S. The van der Waals surface area contributed by atoms with Crippen molar-refractivity contribution >= 4 is 23.2 Å². The van der Waals surface area contributed by atoms with E-state index in [9.17, 15) is 14.7 Å². The van der Waals surface area contributed by atoms with E-state index in [0.717, 1.165) is 21.7 Å². The summed E-state index contributed by atoms with van der Waals surface area (Å²) in [6.45, 7) is 11.6. The predicted octanol–water partition coefficient (Wildman–Crippen LogP) is 4.27. The number of nitrogens with zero attached hydrogens (tertiary/aromatic N) is 3. The number of methoxy groups -OCH3 is 1. The van der Waals surface area contributed by atoms with Crippen molar-refractivity contribution in [1.82, 2.24) is 20.4 Å². The number of aromatic nitrogens is 2. The lowest BCUT2D eigenvalue weighted by Gasteiger charge is -2.29. The van der Waals surface area contributed by atoms with Crippen LogP contribution in [0, 0.1) is 19.4 Å². The summed E-state index contributed by atoms with van der Waals surface area (Å²) in [5, 5.41) is 17.5. The van der Waals surface area contributed by atoms with Gasteiger partial charge in [0.1, 0.15) is 24.3 Å². The molecule has 11 nitrogen and oxygen atoms in total. The summed E-state index contributed by atoms with van der Waals surface area (Å²) in [4.78, 5) is 34.2. The molecule has 12 heteroatoms. The number of β-amino-alcohol motifs (C(OH)–C–C–N with tert-alkyl or cyclic N) is 1. The Morgan fingerprint density at radius 3 is 2.71 bits per heavy atom. The Hall–Kier alpha value is -3.48. The number of carbonyl (C=O) groups excluding carboxylic acids is 2. The highest BCUT2D eigenvalue weighted by molar-refractivity contribution is 7.13. The molecule has 4 rings (SSSR count). The number of rotatable bonds is 13. The van der Waals surface area contributed by atoms with Gasteiger partial charge in [-0.05, 0) is 43.5 Å². The monoisotopic (exact) mass is 599 g/mol. The summed E-state index contributed by atoms with van der Waals surface area (Å²) < 4.78 is 21.9. The highest BCUT2D eigenvalue weighted by atomic mass is 32.1. The topological polar surface area (TPSA) is 136 Å². The molecular weight excluding hydrogens is 560 g/mol. The average Bonchev–Trinajstić information content (AvgIpc) is 3.70. The number of hydrogen-bond acceptors (Lipinski definition) is 10. The van der Waals surface area contributed by atoms with E-state index in [1.54, 1.807) is 43.6 Å². The Morgan fingerprint density at radius 2 is 2.05 bits per heavy atom. The fourth-order valence-corrected chi connectivity index (χ4v) is 6.00. The van der Waals surface area contributed by atoms with Gasteiger partial charge in [0, 0.05) is 24.6 Å². The number of aliphatic hydroxyl groups excluding tert-OH is 1. The van der Waals surface area contributed by atoms with E-state index >= 15 is 0 Å². The molecule has 0 spiro atoms. The first-order chi connectivity index (χ1) is 20.1. The number of aliphatic hydroxyl groups is 1. The molecule has 1 aromatic carbocycles. The third-order valence-electron chi connectivity index (χ3n) is 7.29. The van der Waals surface area contributed by atoms with Crippen molar-refractivity contribution in [3.8, 4) is 22.1 Å². The number of carbonyl (C=O) groups is 2. The van der Waals surface area contributed by atoms with Crippen molar-refractivity contribution in [2.24, 2.45) is 5.92 Å². The maximum absolute atomic E-state index is 13.8. The normalized spacial score (nSPS) is 18.2. The van der Waals surface area contributed by atoms with Gasteiger partial charge in [0.2, 0.25) is 11.8 Å². The molecule has 0 aliphatic carbocycles. The third-order valence-corrected chi connectivity index (χ3v) is 8.27. The van der Waals surface area contributed by atoms with Crippen LogP contribution >= 0.6 is 11.3 Å². The van der Waals surface area contributed by atoms with Crippen LogP contribution in [-0.4, -0.2) is 71.0 Å². The molecule has 0 unspecified atom stereocenters. The van der Waals surface area contributed by atoms with E-state index in [4.69, 9.17) is 18.7 Å². The molecule has 1 aliphatic heterocycles. The largest absolute Gasteiger partial charge is 0.496 e. The zero-order valence-corrected chi connectivity index (χ0v) is 25.6. The molecule has 1 saturated heterocycles. The molecule has 0 bridgehead atoms. The molecule has 3 aromatic rings. The van der Waals surface area contributed by atoms with E-state index in [1.165, 1.54) is 4.90 Å². The van der Waals surface area contributed by atoms with Gasteiger partial charge in [-0.1, -0.05) is 26.0 Å². The molecule has 3 heterocycles. The summed E-state index contributed by atoms with van der Waals surface area (Å²) in [6, 6.07) is 6.17. The Kier molecular flexibility index (Phi) is 10.6. The lowest BCUT2D eigenvalue weighted by molar-refractivity contribution is -0.141. The number of hydrogen-bond donors (Lipinski definition) is 2. The fraction of sp³-hybridized carbons (Fsp3) is 0.500. The first-order valence-electron chi connectivity index (χ1n) is 14.0.